The predicted octanol–water partition coefficient (Wildman–Crippen LogP) is 6.20. The van der Waals surface area contributed by atoms with Gasteiger partial charge in [-0.2, -0.15) is 5.26 Å². The zero-order valence-electron chi connectivity index (χ0n) is 16.3. The van der Waals surface area contributed by atoms with E-state index in [-0.39, 0.29) is 17.2 Å². The minimum Gasteiger partial charge on any atom is -0.509 e. The van der Waals surface area contributed by atoms with Gasteiger partial charge in [0.2, 0.25) is 0 Å². The van der Waals surface area contributed by atoms with Crippen molar-refractivity contribution in [2.45, 2.75) is 84.1 Å². The number of hydrogen-bond donors (Lipinski definition) is 2. The maximum Gasteiger partial charge on any atom is 0.151 e. The van der Waals surface area contributed by atoms with Crippen molar-refractivity contribution in [3.05, 3.63) is 47.4 Å². The number of rotatable bonds is 10. The van der Waals surface area contributed by atoms with E-state index < -0.39 is 0 Å². The molecule has 3 nitrogen and oxygen atoms in total. The molecule has 1 aromatic rings. The largest absolute Gasteiger partial charge is 0.509 e. The Labute approximate surface area is 153 Å². The number of benzene rings is 1. The summed E-state index contributed by atoms with van der Waals surface area (Å²) in [5.41, 5.74) is 1.28. The summed E-state index contributed by atoms with van der Waals surface area (Å²) in [4.78, 5) is 0. The topological polar surface area (TPSA) is 56.0 Å². The van der Waals surface area contributed by atoms with Gasteiger partial charge < -0.3 is 10.4 Å². The van der Waals surface area contributed by atoms with Gasteiger partial charge in [0.25, 0.3) is 0 Å². The van der Waals surface area contributed by atoms with Gasteiger partial charge >= 0.3 is 0 Å². The van der Waals surface area contributed by atoms with Gasteiger partial charge in [-0.15, -0.1) is 0 Å². The quantitative estimate of drug-likeness (QED) is 0.302. The molecule has 0 fully saturated rings. The highest BCUT2D eigenvalue weighted by Crippen LogP contribution is 2.29. The van der Waals surface area contributed by atoms with Gasteiger partial charge in [0.05, 0.1) is 0 Å². The third kappa shape index (κ3) is 8.63. The lowest BCUT2D eigenvalue weighted by atomic mass is 9.89. The fourth-order valence-electron chi connectivity index (χ4n) is 2.98. The van der Waals surface area contributed by atoms with E-state index >= 15 is 0 Å². The van der Waals surface area contributed by atoms with E-state index in [1.165, 1.54) is 31.2 Å². The number of nitrogens with zero attached hydrogens (tertiary/aromatic N) is 1. The highest BCUT2D eigenvalue weighted by atomic mass is 16.3. The minimum atomic E-state index is -0.249. The zero-order chi connectivity index (χ0) is 18.7. The average Bonchev–Trinajstić information content (AvgIpc) is 2.58. The standard InChI is InChI=1S/C22H34N2O/c1-5-6-7-8-10-15-19(18-13-11-9-12-14-18)16-21(25)20(17-23)24-22(2,3)4/h9,11-14,19,24-25H,5-8,10,15-16H2,1-4H3/b21-20-. The van der Waals surface area contributed by atoms with E-state index in [2.05, 4.69) is 30.4 Å². The van der Waals surface area contributed by atoms with Crippen molar-refractivity contribution in [1.82, 2.24) is 5.32 Å². The molecule has 0 aromatic heterocycles. The highest BCUT2D eigenvalue weighted by molar-refractivity contribution is 5.27. The van der Waals surface area contributed by atoms with Crippen LogP contribution in [0.25, 0.3) is 0 Å². The van der Waals surface area contributed by atoms with Crippen LogP contribution in [-0.2, 0) is 0 Å². The molecule has 1 unspecified atom stereocenters. The molecule has 0 aliphatic carbocycles. The Morgan fingerprint density at radius 2 is 1.76 bits per heavy atom. The van der Waals surface area contributed by atoms with Gasteiger partial charge in [-0.3, -0.25) is 0 Å². The SMILES string of the molecule is CCCCCCCC(C/C(O)=C(\C#N)NC(C)(C)C)c1ccccc1. The van der Waals surface area contributed by atoms with Gasteiger partial charge in [0.1, 0.15) is 11.8 Å². The fraction of sp³-hybridized carbons (Fsp3) is 0.591. The van der Waals surface area contributed by atoms with Crippen LogP contribution >= 0.6 is 0 Å². The van der Waals surface area contributed by atoms with Crippen LogP contribution in [0.15, 0.2) is 41.8 Å². The monoisotopic (exact) mass is 342 g/mol. The van der Waals surface area contributed by atoms with E-state index in [9.17, 15) is 10.4 Å². The molecule has 1 aromatic carbocycles. The maximum absolute atomic E-state index is 10.5. The highest BCUT2D eigenvalue weighted by Gasteiger charge is 2.19. The van der Waals surface area contributed by atoms with Crippen molar-refractivity contribution in [3.63, 3.8) is 0 Å². The number of nitriles is 1. The second-order valence-corrected chi connectivity index (χ2v) is 7.82. The first-order valence-electron chi connectivity index (χ1n) is 9.52. The molecule has 0 bridgehead atoms. The number of aliphatic hydroxyl groups excluding tert-OH is 1. The summed E-state index contributed by atoms with van der Waals surface area (Å²) in [6.07, 6.45) is 7.73. The summed E-state index contributed by atoms with van der Waals surface area (Å²) in [6, 6.07) is 12.4. The Kier molecular flexibility index (Phi) is 9.13. The van der Waals surface area contributed by atoms with E-state index in [1.54, 1.807) is 0 Å². The van der Waals surface area contributed by atoms with Crippen LogP contribution in [0.5, 0.6) is 0 Å². The predicted molar refractivity (Wildman–Crippen MR) is 105 cm³/mol. The van der Waals surface area contributed by atoms with Crippen molar-refractivity contribution >= 4 is 0 Å². The molecular weight excluding hydrogens is 308 g/mol. The lowest BCUT2D eigenvalue weighted by molar-refractivity contribution is 0.348. The van der Waals surface area contributed by atoms with Crippen LogP contribution < -0.4 is 5.32 Å². The molecule has 0 spiro atoms. The number of unbranched alkanes of at least 4 members (excludes halogenated alkanes) is 4. The third-order valence-corrected chi connectivity index (χ3v) is 4.27. The van der Waals surface area contributed by atoms with Gasteiger partial charge in [-0.1, -0.05) is 69.4 Å². The van der Waals surface area contributed by atoms with E-state index in [0.717, 1.165) is 12.8 Å². The van der Waals surface area contributed by atoms with Gasteiger partial charge in [0, 0.05) is 12.0 Å². The Hall–Kier alpha value is -1.95. The number of aliphatic hydroxyl groups is 1. The first-order valence-corrected chi connectivity index (χ1v) is 9.52. The Morgan fingerprint density at radius 1 is 1.12 bits per heavy atom. The Bertz CT molecular complexity index is 564. The maximum atomic E-state index is 10.5. The lowest BCUT2D eigenvalue weighted by Gasteiger charge is -2.23. The molecule has 1 atom stereocenters. The molecule has 0 amide bonds. The zero-order valence-corrected chi connectivity index (χ0v) is 16.3. The van der Waals surface area contributed by atoms with Crippen molar-refractivity contribution in [1.29, 1.82) is 5.26 Å². The molecule has 0 aliphatic heterocycles. The summed E-state index contributed by atoms with van der Waals surface area (Å²) in [6.45, 7) is 8.18. The Balaban J connectivity index is 2.83. The van der Waals surface area contributed by atoms with Crippen LogP contribution in [0.4, 0.5) is 0 Å². The smallest absolute Gasteiger partial charge is 0.151 e. The van der Waals surface area contributed by atoms with E-state index in [4.69, 9.17) is 0 Å². The summed E-state index contributed by atoms with van der Waals surface area (Å²) in [5, 5.41) is 23.0. The molecule has 0 saturated carbocycles. The third-order valence-electron chi connectivity index (χ3n) is 4.27. The van der Waals surface area contributed by atoms with Crippen LogP contribution in [-0.4, -0.2) is 10.6 Å². The summed E-state index contributed by atoms with van der Waals surface area (Å²) in [7, 11) is 0. The molecular formula is C22H34N2O. The van der Waals surface area contributed by atoms with E-state index in [1.807, 2.05) is 39.0 Å². The van der Waals surface area contributed by atoms with Crippen LogP contribution in [0, 0.1) is 11.3 Å². The summed E-state index contributed by atoms with van der Waals surface area (Å²) < 4.78 is 0. The van der Waals surface area contributed by atoms with Gasteiger partial charge in [-0.25, -0.2) is 0 Å². The first kappa shape index (κ1) is 21.1. The molecule has 1 rings (SSSR count). The number of nitrogens with one attached hydrogen (secondary N) is 1. The van der Waals surface area contributed by atoms with Gasteiger partial charge in [-0.05, 0) is 38.7 Å². The molecule has 0 saturated heterocycles. The molecule has 2 N–H and O–H groups in total. The second-order valence-electron chi connectivity index (χ2n) is 7.82. The van der Waals surface area contributed by atoms with Crippen molar-refractivity contribution in [2.75, 3.05) is 0 Å². The van der Waals surface area contributed by atoms with Crippen LogP contribution in [0.2, 0.25) is 0 Å². The van der Waals surface area contributed by atoms with Gasteiger partial charge in [0.15, 0.2) is 5.70 Å². The van der Waals surface area contributed by atoms with Crippen LogP contribution in [0.3, 0.4) is 0 Å². The normalized spacial score (nSPS) is 13.7. The number of hydrogen-bond acceptors (Lipinski definition) is 3. The van der Waals surface area contributed by atoms with E-state index in [0.29, 0.717) is 12.1 Å². The fourth-order valence-corrected chi connectivity index (χ4v) is 2.98. The molecule has 0 heterocycles. The van der Waals surface area contributed by atoms with Crippen LogP contribution in [0.1, 0.15) is 84.1 Å². The lowest BCUT2D eigenvalue weighted by Crippen LogP contribution is -2.35. The molecule has 3 heteroatoms. The van der Waals surface area contributed by atoms with Crippen molar-refractivity contribution in [2.24, 2.45) is 0 Å². The molecule has 138 valence electrons. The first-order chi connectivity index (χ1) is 11.9. The molecule has 0 aliphatic rings. The molecule has 25 heavy (non-hydrogen) atoms. The molecule has 0 radical (unpaired) electrons. The summed E-state index contributed by atoms with van der Waals surface area (Å²) in [5.74, 6) is 0.410. The minimum absolute atomic E-state index is 0.167. The van der Waals surface area contributed by atoms with Crippen molar-refractivity contribution in [3.8, 4) is 6.07 Å². The average molecular weight is 343 g/mol. The number of allylic oxidation sites excluding steroid dienone is 2. The van der Waals surface area contributed by atoms with Crippen molar-refractivity contribution < 1.29 is 5.11 Å². The Morgan fingerprint density at radius 3 is 2.32 bits per heavy atom. The second kappa shape index (κ2) is 10.8. The summed E-state index contributed by atoms with van der Waals surface area (Å²) >= 11 is 0.